The first-order valence-corrected chi connectivity index (χ1v) is 9.33. The number of nitrogens with one attached hydrogen (secondary N) is 2. The number of rotatable bonds is 6. The Labute approximate surface area is 181 Å². The maximum atomic E-state index is 12.8. The van der Waals surface area contributed by atoms with Gasteiger partial charge in [-0.2, -0.15) is 18.3 Å². The summed E-state index contributed by atoms with van der Waals surface area (Å²) in [5.74, 6) is 0. The van der Waals surface area contributed by atoms with Crippen molar-refractivity contribution in [3.63, 3.8) is 0 Å². The number of hydrogen-bond donors (Lipinski definition) is 2. The van der Waals surface area contributed by atoms with Crippen molar-refractivity contribution in [3.05, 3.63) is 82.7 Å². The zero-order valence-electron chi connectivity index (χ0n) is 16.2. The van der Waals surface area contributed by atoms with E-state index in [2.05, 4.69) is 20.5 Å². The van der Waals surface area contributed by atoms with E-state index in [0.717, 1.165) is 25.0 Å². The van der Waals surface area contributed by atoms with Crippen molar-refractivity contribution in [1.82, 2.24) is 19.6 Å². The molecule has 162 valence electrons. The van der Waals surface area contributed by atoms with Crippen LogP contribution >= 0.6 is 12.4 Å². The van der Waals surface area contributed by atoms with Crippen LogP contribution in [0, 0.1) is 0 Å². The summed E-state index contributed by atoms with van der Waals surface area (Å²) in [6.45, 7) is 0.634. The second kappa shape index (κ2) is 9.22. The molecular formula is C21H19ClF3N5O. The Morgan fingerprint density at radius 1 is 1.03 bits per heavy atom. The highest BCUT2D eigenvalue weighted by Gasteiger charge is 2.30. The summed E-state index contributed by atoms with van der Waals surface area (Å²) in [5, 5.41) is 9.72. The van der Waals surface area contributed by atoms with Gasteiger partial charge >= 0.3 is 11.9 Å². The lowest BCUT2D eigenvalue weighted by Crippen LogP contribution is -2.11. The molecule has 10 heteroatoms. The Balaban J connectivity index is 0.00000272. The predicted octanol–water partition coefficient (Wildman–Crippen LogP) is 4.57. The maximum Gasteiger partial charge on any atom is 0.416 e. The van der Waals surface area contributed by atoms with E-state index in [1.54, 1.807) is 24.7 Å². The van der Waals surface area contributed by atoms with Gasteiger partial charge in [0.15, 0.2) is 5.65 Å². The number of halogens is 4. The quantitative estimate of drug-likeness (QED) is 0.423. The molecule has 0 amide bonds. The standard InChI is InChI=1S/C21H18F3N5O.ClH/c22-21(23,24)17-5-3-15(4-6-17)16-12-18(19-27-28-20(30)29(19)13-16)26-9-1-2-14-7-10-25-11-8-14;/h3-8,10-13,26H,1-2,9H2,(H,28,30);1H. The van der Waals surface area contributed by atoms with Crippen LogP contribution in [0.25, 0.3) is 16.8 Å². The minimum Gasteiger partial charge on any atom is -0.382 e. The molecule has 0 unspecified atom stereocenters. The Kier molecular flexibility index (Phi) is 6.65. The second-order valence-electron chi connectivity index (χ2n) is 6.83. The Hall–Kier alpha value is -3.33. The van der Waals surface area contributed by atoms with Gasteiger partial charge in [0.05, 0.1) is 11.3 Å². The van der Waals surface area contributed by atoms with Crippen molar-refractivity contribution in [2.75, 3.05) is 11.9 Å². The first-order valence-electron chi connectivity index (χ1n) is 9.33. The normalized spacial score (nSPS) is 11.3. The van der Waals surface area contributed by atoms with Crippen LogP contribution in [-0.2, 0) is 12.6 Å². The number of aromatic nitrogens is 4. The van der Waals surface area contributed by atoms with E-state index in [9.17, 15) is 18.0 Å². The number of H-pyrrole nitrogens is 1. The third kappa shape index (κ3) is 5.05. The number of alkyl halides is 3. The van der Waals surface area contributed by atoms with Gasteiger partial charge in [-0.05, 0) is 54.3 Å². The number of aromatic amines is 1. The topological polar surface area (TPSA) is 75.1 Å². The van der Waals surface area contributed by atoms with Gasteiger partial charge < -0.3 is 5.32 Å². The molecular weight excluding hydrogens is 431 g/mol. The van der Waals surface area contributed by atoms with E-state index in [1.165, 1.54) is 22.1 Å². The van der Waals surface area contributed by atoms with Gasteiger partial charge in [0.1, 0.15) is 0 Å². The average Bonchev–Trinajstić information content (AvgIpc) is 3.12. The summed E-state index contributed by atoms with van der Waals surface area (Å²) < 4.78 is 39.8. The fourth-order valence-electron chi connectivity index (χ4n) is 3.22. The Morgan fingerprint density at radius 2 is 1.74 bits per heavy atom. The third-order valence-electron chi connectivity index (χ3n) is 4.77. The number of pyridine rings is 2. The molecule has 0 atom stereocenters. The van der Waals surface area contributed by atoms with Crippen LogP contribution in [-0.4, -0.2) is 26.1 Å². The van der Waals surface area contributed by atoms with Crippen LogP contribution in [0.3, 0.4) is 0 Å². The van der Waals surface area contributed by atoms with Crippen molar-refractivity contribution in [3.8, 4) is 11.1 Å². The van der Waals surface area contributed by atoms with Gasteiger partial charge in [-0.1, -0.05) is 12.1 Å². The monoisotopic (exact) mass is 449 g/mol. The molecule has 0 aliphatic carbocycles. The van der Waals surface area contributed by atoms with E-state index in [1.807, 2.05) is 12.1 Å². The molecule has 0 fully saturated rings. The molecule has 0 saturated heterocycles. The zero-order chi connectivity index (χ0) is 21.1. The lowest BCUT2D eigenvalue weighted by molar-refractivity contribution is -0.137. The fraction of sp³-hybridized carbons (Fsp3) is 0.190. The number of benzene rings is 1. The summed E-state index contributed by atoms with van der Waals surface area (Å²) in [7, 11) is 0. The van der Waals surface area contributed by atoms with Crippen molar-refractivity contribution in [1.29, 1.82) is 0 Å². The minimum atomic E-state index is -4.40. The molecule has 6 nitrogen and oxygen atoms in total. The molecule has 3 aromatic heterocycles. The number of hydrogen-bond acceptors (Lipinski definition) is 4. The lowest BCUT2D eigenvalue weighted by atomic mass is 10.0. The lowest BCUT2D eigenvalue weighted by Gasteiger charge is -2.11. The molecule has 0 aliphatic heterocycles. The van der Waals surface area contributed by atoms with Gasteiger partial charge in [-0.15, -0.1) is 12.4 Å². The van der Waals surface area contributed by atoms with E-state index in [-0.39, 0.29) is 12.4 Å². The van der Waals surface area contributed by atoms with Gasteiger partial charge in [-0.3, -0.25) is 4.98 Å². The molecule has 0 radical (unpaired) electrons. The number of nitrogens with zero attached hydrogens (tertiary/aromatic N) is 3. The second-order valence-corrected chi connectivity index (χ2v) is 6.83. The van der Waals surface area contributed by atoms with Gasteiger partial charge in [0.2, 0.25) is 0 Å². The zero-order valence-corrected chi connectivity index (χ0v) is 17.0. The molecule has 0 spiro atoms. The molecule has 0 aliphatic rings. The summed E-state index contributed by atoms with van der Waals surface area (Å²) >= 11 is 0. The highest BCUT2D eigenvalue weighted by molar-refractivity contribution is 5.85. The summed E-state index contributed by atoms with van der Waals surface area (Å²) in [4.78, 5) is 16.1. The minimum absolute atomic E-state index is 0. The van der Waals surface area contributed by atoms with Crippen molar-refractivity contribution in [2.45, 2.75) is 19.0 Å². The molecule has 1 aromatic carbocycles. The molecule has 31 heavy (non-hydrogen) atoms. The molecule has 4 aromatic rings. The van der Waals surface area contributed by atoms with Crippen LogP contribution in [0.1, 0.15) is 17.5 Å². The van der Waals surface area contributed by atoms with Crippen molar-refractivity contribution < 1.29 is 13.2 Å². The molecule has 2 N–H and O–H groups in total. The van der Waals surface area contributed by atoms with Gasteiger partial charge in [0, 0.05) is 30.7 Å². The predicted molar refractivity (Wildman–Crippen MR) is 115 cm³/mol. The summed E-state index contributed by atoms with van der Waals surface area (Å²) in [6, 6.07) is 10.5. The first-order chi connectivity index (χ1) is 14.4. The Bertz CT molecular complexity index is 1200. The first kappa shape index (κ1) is 22.4. The van der Waals surface area contributed by atoms with Gasteiger partial charge in [0.25, 0.3) is 0 Å². The highest BCUT2D eigenvalue weighted by Crippen LogP contribution is 2.31. The van der Waals surface area contributed by atoms with E-state index >= 15 is 0 Å². The molecule has 4 rings (SSSR count). The number of fused-ring (bicyclic) bond motifs is 1. The maximum absolute atomic E-state index is 12.8. The van der Waals surface area contributed by atoms with Crippen LogP contribution < -0.4 is 11.0 Å². The van der Waals surface area contributed by atoms with Crippen LogP contribution in [0.5, 0.6) is 0 Å². The molecule has 0 saturated carbocycles. The number of aryl methyl sites for hydroxylation is 1. The molecule has 0 bridgehead atoms. The SMILES string of the molecule is Cl.O=c1[nH]nc2c(NCCCc3ccncc3)cc(-c3ccc(C(F)(F)F)cc3)cn12. The van der Waals surface area contributed by atoms with E-state index in [0.29, 0.717) is 29.0 Å². The smallest absolute Gasteiger partial charge is 0.382 e. The number of anilines is 1. The largest absolute Gasteiger partial charge is 0.416 e. The fourth-order valence-corrected chi connectivity index (χ4v) is 3.22. The van der Waals surface area contributed by atoms with Crippen molar-refractivity contribution in [2.24, 2.45) is 0 Å². The van der Waals surface area contributed by atoms with Crippen LogP contribution in [0.2, 0.25) is 0 Å². The summed E-state index contributed by atoms with van der Waals surface area (Å²) in [5.41, 5.74) is 2.27. The van der Waals surface area contributed by atoms with Crippen LogP contribution in [0.15, 0.2) is 65.8 Å². The third-order valence-corrected chi connectivity index (χ3v) is 4.77. The molecule has 3 heterocycles. The summed E-state index contributed by atoms with van der Waals surface area (Å²) in [6.07, 6.45) is 2.36. The van der Waals surface area contributed by atoms with E-state index in [4.69, 9.17) is 0 Å². The highest BCUT2D eigenvalue weighted by atomic mass is 35.5. The average molecular weight is 450 g/mol. The van der Waals surface area contributed by atoms with Crippen LogP contribution in [0.4, 0.5) is 18.9 Å². The Morgan fingerprint density at radius 3 is 2.42 bits per heavy atom. The van der Waals surface area contributed by atoms with Crippen molar-refractivity contribution >= 4 is 23.7 Å². The van der Waals surface area contributed by atoms with E-state index < -0.39 is 17.4 Å². The van der Waals surface area contributed by atoms with Gasteiger partial charge in [-0.25, -0.2) is 14.3 Å².